The number of phosphoric ester groups is 2. The van der Waals surface area contributed by atoms with Crippen molar-refractivity contribution in [2.45, 2.75) is 324 Å². The maximum atomic E-state index is 13.0. The summed E-state index contributed by atoms with van der Waals surface area (Å²) in [6.45, 7) is 11.7. The molecule has 0 rings (SSSR count). The molecule has 0 aliphatic carbocycles. The SMILES string of the molecule is CCCCCCCCCCC(=O)OC[C@H](COP(=O)(O)OC[C@H](O)COP(=O)(O)OC[C@@H](COC(=O)CCCCCCCCCCCC(C)C)OC(=O)CCCCCCCCCCCC(C)C)OC(=O)CCCCCCCCC(C)CC. The average molecular weight is 1210 g/mol. The molecule has 0 heterocycles. The summed E-state index contributed by atoms with van der Waals surface area (Å²) in [6.07, 6.45) is 34.9. The predicted molar refractivity (Wildman–Crippen MR) is 326 cm³/mol. The van der Waals surface area contributed by atoms with E-state index in [0.717, 1.165) is 114 Å². The van der Waals surface area contributed by atoms with Crippen LogP contribution in [0.3, 0.4) is 0 Å². The monoisotopic (exact) mass is 1210 g/mol. The second kappa shape index (κ2) is 54.5. The third-order valence-corrected chi connectivity index (χ3v) is 16.6. The molecule has 19 heteroatoms. The van der Waals surface area contributed by atoms with E-state index in [1.807, 2.05) is 0 Å². The molecule has 3 unspecified atom stereocenters. The van der Waals surface area contributed by atoms with Crippen LogP contribution in [0.2, 0.25) is 0 Å². The highest BCUT2D eigenvalue weighted by atomic mass is 31.2. The van der Waals surface area contributed by atoms with Gasteiger partial charge in [0.05, 0.1) is 26.4 Å². The van der Waals surface area contributed by atoms with Gasteiger partial charge in [0.15, 0.2) is 12.2 Å². The number of hydrogen-bond donors (Lipinski definition) is 3. The van der Waals surface area contributed by atoms with E-state index in [-0.39, 0.29) is 25.7 Å². The molecule has 82 heavy (non-hydrogen) atoms. The minimum absolute atomic E-state index is 0.102. The van der Waals surface area contributed by atoms with E-state index in [1.165, 1.54) is 109 Å². The first-order chi connectivity index (χ1) is 39.3. The third-order valence-electron chi connectivity index (χ3n) is 14.7. The fourth-order valence-corrected chi connectivity index (χ4v) is 10.9. The van der Waals surface area contributed by atoms with Crippen molar-refractivity contribution >= 4 is 39.5 Å². The van der Waals surface area contributed by atoms with Crippen LogP contribution in [0.25, 0.3) is 0 Å². The molecule has 3 N–H and O–H groups in total. The quantitative estimate of drug-likeness (QED) is 0.0222. The van der Waals surface area contributed by atoms with E-state index in [1.54, 1.807) is 0 Å². The van der Waals surface area contributed by atoms with Crippen molar-refractivity contribution in [3.63, 3.8) is 0 Å². The number of aliphatic hydroxyl groups excluding tert-OH is 1. The first-order valence-corrected chi connectivity index (χ1v) is 35.9. The largest absolute Gasteiger partial charge is 0.472 e. The molecule has 0 aromatic heterocycles. The van der Waals surface area contributed by atoms with Crippen LogP contribution in [0, 0.1) is 17.8 Å². The van der Waals surface area contributed by atoms with Crippen molar-refractivity contribution < 1.29 is 80.2 Å². The Bertz CT molecular complexity index is 1630. The first-order valence-electron chi connectivity index (χ1n) is 32.9. The van der Waals surface area contributed by atoms with Gasteiger partial charge in [-0.25, -0.2) is 9.13 Å². The normalized spacial score (nSPS) is 14.7. The van der Waals surface area contributed by atoms with Gasteiger partial charge in [-0.3, -0.25) is 37.3 Å². The van der Waals surface area contributed by atoms with E-state index in [2.05, 4.69) is 48.5 Å². The Morgan fingerprint density at radius 2 is 0.622 bits per heavy atom. The van der Waals surface area contributed by atoms with Crippen molar-refractivity contribution in [1.82, 2.24) is 0 Å². The van der Waals surface area contributed by atoms with Crippen LogP contribution in [-0.4, -0.2) is 96.7 Å². The second-order valence-electron chi connectivity index (χ2n) is 24.0. The van der Waals surface area contributed by atoms with Crippen LogP contribution in [0.4, 0.5) is 0 Å². The zero-order chi connectivity index (χ0) is 61.0. The van der Waals surface area contributed by atoms with Crippen LogP contribution in [0.5, 0.6) is 0 Å². The van der Waals surface area contributed by atoms with Crippen LogP contribution < -0.4 is 0 Å². The molecule has 0 spiro atoms. The number of phosphoric acid groups is 2. The van der Waals surface area contributed by atoms with E-state index in [4.69, 9.17) is 37.0 Å². The lowest BCUT2D eigenvalue weighted by Crippen LogP contribution is -2.30. The Balaban J connectivity index is 5.24. The highest BCUT2D eigenvalue weighted by Crippen LogP contribution is 2.45. The fourth-order valence-electron chi connectivity index (χ4n) is 9.27. The minimum atomic E-state index is -4.94. The van der Waals surface area contributed by atoms with Crippen LogP contribution >= 0.6 is 15.6 Å². The Kier molecular flexibility index (Phi) is 53.2. The van der Waals surface area contributed by atoms with Gasteiger partial charge in [0.1, 0.15) is 19.3 Å². The molecule has 0 aliphatic heterocycles. The van der Waals surface area contributed by atoms with Gasteiger partial charge in [0, 0.05) is 25.7 Å². The smallest absolute Gasteiger partial charge is 0.462 e. The van der Waals surface area contributed by atoms with Gasteiger partial charge in [-0.05, 0) is 43.4 Å². The summed E-state index contributed by atoms with van der Waals surface area (Å²) in [5.41, 5.74) is 0. The topological polar surface area (TPSA) is 237 Å². The minimum Gasteiger partial charge on any atom is -0.462 e. The summed E-state index contributed by atoms with van der Waals surface area (Å²) >= 11 is 0. The molecule has 0 saturated carbocycles. The number of carbonyl (C=O) groups excluding carboxylic acids is 4. The van der Waals surface area contributed by atoms with Gasteiger partial charge < -0.3 is 33.8 Å². The number of ether oxygens (including phenoxy) is 4. The Labute approximate surface area is 498 Å². The molecular weight excluding hydrogens is 1090 g/mol. The van der Waals surface area contributed by atoms with Crippen molar-refractivity contribution in [2.24, 2.45) is 17.8 Å². The maximum absolute atomic E-state index is 13.0. The second-order valence-corrected chi connectivity index (χ2v) is 26.9. The molecule has 0 saturated heterocycles. The molecule has 0 radical (unpaired) electrons. The van der Waals surface area contributed by atoms with Gasteiger partial charge in [-0.15, -0.1) is 0 Å². The zero-order valence-electron chi connectivity index (χ0n) is 52.9. The summed E-state index contributed by atoms with van der Waals surface area (Å²) in [7, 11) is -9.88. The standard InChI is InChI=1S/C63H122O17P2/c1-8-10-11-12-13-22-30-37-44-60(65)73-51-59(80-63(68)47-40-33-26-25-29-36-43-56(7)9-2)53-78-82(71,72)76-49-57(64)48-75-81(69,70)77-52-58(79-62(67)46-39-32-24-19-15-17-21-28-35-42-55(5)6)50-74-61(66)45-38-31-23-18-14-16-20-27-34-41-54(3)4/h54-59,64H,8-53H2,1-7H3,(H,69,70)(H,71,72)/t56?,57-,58-,59-/m1/s1. The van der Waals surface area contributed by atoms with E-state index in [0.29, 0.717) is 25.7 Å². The molecular formula is C63H122O17P2. The summed E-state index contributed by atoms with van der Waals surface area (Å²) < 4.78 is 67.9. The molecule has 0 bridgehead atoms. The molecule has 0 aromatic carbocycles. The molecule has 0 amide bonds. The number of carbonyl (C=O) groups is 4. The van der Waals surface area contributed by atoms with Crippen LogP contribution in [0.1, 0.15) is 305 Å². The van der Waals surface area contributed by atoms with E-state index in [9.17, 15) is 43.2 Å². The Morgan fingerprint density at radius 3 is 0.927 bits per heavy atom. The fraction of sp³-hybridized carbons (Fsp3) is 0.937. The van der Waals surface area contributed by atoms with Gasteiger partial charge in [0.25, 0.3) is 0 Å². The van der Waals surface area contributed by atoms with Crippen molar-refractivity contribution in [3.8, 4) is 0 Å². The van der Waals surface area contributed by atoms with Crippen molar-refractivity contribution in [3.05, 3.63) is 0 Å². The lowest BCUT2D eigenvalue weighted by atomic mass is 10.00. The molecule has 0 aromatic rings. The highest BCUT2D eigenvalue weighted by molar-refractivity contribution is 7.47. The van der Waals surface area contributed by atoms with Crippen LogP contribution in [0.15, 0.2) is 0 Å². The summed E-state index contributed by atoms with van der Waals surface area (Å²) in [4.78, 5) is 72.1. The number of hydrogen-bond acceptors (Lipinski definition) is 15. The molecule has 17 nitrogen and oxygen atoms in total. The molecule has 0 aliphatic rings. The number of rotatable bonds is 61. The Hall–Kier alpha value is -1.94. The lowest BCUT2D eigenvalue weighted by molar-refractivity contribution is -0.161. The number of esters is 4. The summed E-state index contributed by atoms with van der Waals surface area (Å²) in [5.74, 6) is 0.0586. The van der Waals surface area contributed by atoms with Gasteiger partial charge in [-0.1, -0.05) is 254 Å². The number of unbranched alkanes of at least 4 members (excludes halogenated alkanes) is 28. The lowest BCUT2D eigenvalue weighted by Gasteiger charge is -2.21. The molecule has 0 fully saturated rings. The van der Waals surface area contributed by atoms with Gasteiger partial charge >= 0.3 is 39.5 Å². The average Bonchev–Trinajstić information content (AvgIpc) is 3.45. The van der Waals surface area contributed by atoms with Crippen molar-refractivity contribution in [2.75, 3.05) is 39.6 Å². The predicted octanol–water partition coefficient (Wildman–Crippen LogP) is 17.1. The maximum Gasteiger partial charge on any atom is 0.472 e. The summed E-state index contributed by atoms with van der Waals surface area (Å²) in [6, 6.07) is 0. The summed E-state index contributed by atoms with van der Waals surface area (Å²) in [5, 5.41) is 10.5. The van der Waals surface area contributed by atoms with E-state index < -0.39 is 97.5 Å². The highest BCUT2D eigenvalue weighted by Gasteiger charge is 2.30. The van der Waals surface area contributed by atoms with Gasteiger partial charge in [-0.2, -0.15) is 0 Å². The van der Waals surface area contributed by atoms with E-state index >= 15 is 0 Å². The molecule has 6 atom stereocenters. The third kappa shape index (κ3) is 55.9. The number of aliphatic hydroxyl groups is 1. The molecule has 486 valence electrons. The van der Waals surface area contributed by atoms with Gasteiger partial charge in [0.2, 0.25) is 0 Å². The van der Waals surface area contributed by atoms with Crippen molar-refractivity contribution in [1.29, 1.82) is 0 Å². The van der Waals surface area contributed by atoms with Crippen LogP contribution in [-0.2, 0) is 65.4 Å². The zero-order valence-corrected chi connectivity index (χ0v) is 54.7. The Morgan fingerprint density at radius 1 is 0.354 bits per heavy atom. The first kappa shape index (κ1) is 80.1.